The summed E-state index contributed by atoms with van der Waals surface area (Å²) in [4.78, 5) is 0. The number of alkyl halides is 1. The van der Waals surface area contributed by atoms with E-state index < -0.39 is 0 Å². The van der Waals surface area contributed by atoms with Crippen LogP contribution < -0.4 is 0 Å². The smallest absolute Gasteiger partial charge is 0.0431 e. The molecule has 0 fully saturated rings. The van der Waals surface area contributed by atoms with Crippen molar-refractivity contribution in [1.82, 2.24) is 0 Å². The Bertz CT molecular complexity index is 77.4. The van der Waals surface area contributed by atoms with Crippen LogP contribution in [0.15, 0.2) is 0 Å². The Labute approximate surface area is 90.5 Å². The summed E-state index contributed by atoms with van der Waals surface area (Å²) < 4.78 is 0.312. The van der Waals surface area contributed by atoms with Gasteiger partial charge in [-0.05, 0) is 12.8 Å². The van der Waals surface area contributed by atoms with E-state index in [1.807, 2.05) is 0 Å². The van der Waals surface area contributed by atoms with Crippen molar-refractivity contribution in [1.29, 1.82) is 0 Å². The largest absolute Gasteiger partial charge is 0.396 e. The number of halogens is 1. The highest BCUT2D eigenvalue weighted by molar-refractivity contribution is 9.10. The zero-order chi connectivity index (χ0) is 10.7. The molecule has 0 aliphatic carbocycles. The SMILES string of the molecule is CC(C)(C)Br.OCCCCCCO. The van der Waals surface area contributed by atoms with Gasteiger partial charge in [0, 0.05) is 17.5 Å². The number of aliphatic hydroxyl groups is 2. The third-order valence-electron chi connectivity index (χ3n) is 1.07. The molecule has 0 atom stereocenters. The first-order valence-corrected chi connectivity index (χ1v) is 5.61. The zero-order valence-corrected chi connectivity index (χ0v) is 10.6. The van der Waals surface area contributed by atoms with Gasteiger partial charge in [-0.3, -0.25) is 0 Å². The van der Waals surface area contributed by atoms with Gasteiger partial charge >= 0.3 is 0 Å². The molecule has 0 spiro atoms. The molecule has 0 saturated heterocycles. The normalized spacial score (nSPS) is 10.6. The molecule has 2 nitrogen and oxygen atoms in total. The molecule has 82 valence electrons. The van der Waals surface area contributed by atoms with E-state index >= 15 is 0 Å². The first kappa shape index (κ1) is 15.9. The van der Waals surface area contributed by atoms with Crippen molar-refractivity contribution in [2.24, 2.45) is 0 Å². The van der Waals surface area contributed by atoms with Crippen LogP contribution >= 0.6 is 15.9 Å². The number of hydrogen-bond donors (Lipinski definition) is 2. The standard InChI is InChI=1S/C6H14O2.C4H9Br/c7-5-3-1-2-4-6-8;1-4(2,3)5/h7-8H,1-6H2;1-3H3. The van der Waals surface area contributed by atoms with Crippen LogP contribution in [0.1, 0.15) is 46.5 Å². The third-order valence-corrected chi connectivity index (χ3v) is 1.07. The Morgan fingerprint density at radius 1 is 0.846 bits per heavy atom. The summed E-state index contributed by atoms with van der Waals surface area (Å²) in [5.41, 5.74) is 0. The van der Waals surface area contributed by atoms with Crippen LogP contribution in [0, 0.1) is 0 Å². The highest BCUT2D eigenvalue weighted by atomic mass is 79.9. The van der Waals surface area contributed by atoms with E-state index in [4.69, 9.17) is 10.2 Å². The molecule has 0 saturated carbocycles. The molecule has 0 aromatic rings. The minimum Gasteiger partial charge on any atom is -0.396 e. The fourth-order valence-electron chi connectivity index (χ4n) is 0.577. The maximum atomic E-state index is 8.30. The van der Waals surface area contributed by atoms with Crippen molar-refractivity contribution in [3.63, 3.8) is 0 Å². The molecular weight excluding hydrogens is 232 g/mol. The lowest BCUT2D eigenvalue weighted by molar-refractivity contribution is 0.265. The van der Waals surface area contributed by atoms with Gasteiger partial charge in [-0.2, -0.15) is 0 Å². The Kier molecular flexibility index (Phi) is 12.8. The Hall–Kier alpha value is 0.400. The molecule has 0 aliphatic rings. The zero-order valence-electron chi connectivity index (χ0n) is 9.02. The van der Waals surface area contributed by atoms with Gasteiger partial charge in [-0.25, -0.2) is 0 Å². The van der Waals surface area contributed by atoms with E-state index in [2.05, 4.69) is 36.7 Å². The number of hydrogen-bond acceptors (Lipinski definition) is 2. The van der Waals surface area contributed by atoms with Crippen LogP contribution in [-0.2, 0) is 0 Å². The summed E-state index contributed by atoms with van der Waals surface area (Å²) in [7, 11) is 0. The van der Waals surface area contributed by atoms with Gasteiger partial charge < -0.3 is 10.2 Å². The third kappa shape index (κ3) is 46.0. The summed E-state index contributed by atoms with van der Waals surface area (Å²) in [6.07, 6.45) is 3.83. The topological polar surface area (TPSA) is 40.5 Å². The molecule has 0 aliphatic heterocycles. The summed E-state index contributed by atoms with van der Waals surface area (Å²) in [5, 5.41) is 16.6. The van der Waals surface area contributed by atoms with Crippen molar-refractivity contribution in [2.75, 3.05) is 13.2 Å². The molecule has 2 N–H and O–H groups in total. The van der Waals surface area contributed by atoms with Crippen LogP contribution in [0.3, 0.4) is 0 Å². The van der Waals surface area contributed by atoms with Gasteiger partial charge in [0.1, 0.15) is 0 Å². The number of rotatable bonds is 5. The maximum absolute atomic E-state index is 8.30. The van der Waals surface area contributed by atoms with Crippen LogP contribution in [-0.4, -0.2) is 27.8 Å². The fraction of sp³-hybridized carbons (Fsp3) is 1.00. The minimum atomic E-state index is 0.283. The van der Waals surface area contributed by atoms with E-state index in [1.165, 1.54) is 0 Å². The van der Waals surface area contributed by atoms with E-state index in [9.17, 15) is 0 Å². The van der Waals surface area contributed by atoms with Gasteiger partial charge in [0.15, 0.2) is 0 Å². The van der Waals surface area contributed by atoms with Gasteiger partial charge in [0.2, 0.25) is 0 Å². The summed E-state index contributed by atoms with van der Waals surface area (Å²) in [5.74, 6) is 0. The second-order valence-corrected chi connectivity index (χ2v) is 6.31. The molecule has 0 rings (SSSR count). The Morgan fingerprint density at radius 2 is 1.08 bits per heavy atom. The lowest BCUT2D eigenvalue weighted by atomic mass is 10.2. The van der Waals surface area contributed by atoms with Gasteiger partial charge in [0.25, 0.3) is 0 Å². The number of aliphatic hydroxyl groups excluding tert-OH is 2. The second-order valence-electron chi connectivity index (χ2n) is 3.93. The molecule has 0 bridgehead atoms. The van der Waals surface area contributed by atoms with Crippen molar-refractivity contribution in [3.05, 3.63) is 0 Å². The highest BCUT2D eigenvalue weighted by Gasteiger charge is 1.98. The van der Waals surface area contributed by atoms with E-state index in [-0.39, 0.29) is 13.2 Å². The average Bonchev–Trinajstić information content (AvgIpc) is 1.95. The molecule has 0 heterocycles. The first-order valence-electron chi connectivity index (χ1n) is 4.82. The highest BCUT2D eigenvalue weighted by Crippen LogP contribution is 2.11. The van der Waals surface area contributed by atoms with Gasteiger partial charge in [-0.15, -0.1) is 0 Å². The average molecular weight is 255 g/mol. The van der Waals surface area contributed by atoms with E-state index in [0.717, 1.165) is 25.7 Å². The predicted molar refractivity (Wildman–Crippen MR) is 61.3 cm³/mol. The van der Waals surface area contributed by atoms with Crippen molar-refractivity contribution >= 4 is 15.9 Å². The molecule has 0 aromatic carbocycles. The Balaban J connectivity index is 0. The van der Waals surface area contributed by atoms with Crippen LogP contribution in [0.5, 0.6) is 0 Å². The Morgan fingerprint density at radius 3 is 1.23 bits per heavy atom. The molecule has 0 aromatic heterocycles. The molecule has 3 heteroatoms. The van der Waals surface area contributed by atoms with Crippen LogP contribution in [0.25, 0.3) is 0 Å². The van der Waals surface area contributed by atoms with Crippen LogP contribution in [0.2, 0.25) is 0 Å². The van der Waals surface area contributed by atoms with Gasteiger partial charge in [0.05, 0.1) is 0 Å². The summed E-state index contributed by atoms with van der Waals surface area (Å²) >= 11 is 3.38. The minimum absolute atomic E-state index is 0.283. The summed E-state index contributed by atoms with van der Waals surface area (Å²) in [6, 6.07) is 0. The van der Waals surface area contributed by atoms with Crippen molar-refractivity contribution in [2.45, 2.75) is 50.8 Å². The fourth-order valence-corrected chi connectivity index (χ4v) is 0.577. The molecule has 0 amide bonds. The summed E-state index contributed by atoms with van der Waals surface area (Å²) in [6.45, 7) is 6.88. The van der Waals surface area contributed by atoms with Crippen molar-refractivity contribution < 1.29 is 10.2 Å². The van der Waals surface area contributed by atoms with Crippen LogP contribution in [0.4, 0.5) is 0 Å². The maximum Gasteiger partial charge on any atom is 0.0431 e. The quantitative estimate of drug-likeness (QED) is 0.585. The molecule has 13 heavy (non-hydrogen) atoms. The second kappa shape index (κ2) is 10.5. The van der Waals surface area contributed by atoms with E-state index in [1.54, 1.807) is 0 Å². The molecular formula is C10H23BrO2. The molecule has 0 unspecified atom stereocenters. The van der Waals surface area contributed by atoms with E-state index in [0.29, 0.717) is 4.32 Å². The monoisotopic (exact) mass is 254 g/mol. The lowest BCUT2D eigenvalue weighted by Crippen LogP contribution is -1.97. The lowest BCUT2D eigenvalue weighted by Gasteiger charge is -2.02. The molecule has 0 radical (unpaired) electrons. The van der Waals surface area contributed by atoms with Crippen molar-refractivity contribution in [3.8, 4) is 0 Å². The predicted octanol–water partition coefficient (Wildman–Crippen LogP) is 2.71. The first-order chi connectivity index (χ1) is 5.91. The van der Waals surface area contributed by atoms with Gasteiger partial charge in [-0.1, -0.05) is 49.5 Å². The number of unbranched alkanes of at least 4 members (excludes halogenated alkanes) is 3.